The number of methoxy groups -OCH3 is 1. The van der Waals surface area contributed by atoms with Gasteiger partial charge in [-0.1, -0.05) is 32.0 Å². The number of hydrogen-bond donors (Lipinski definition) is 1. The van der Waals surface area contributed by atoms with E-state index in [1.807, 2.05) is 29.2 Å². The van der Waals surface area contributed by atoms with Gasteiger partial charge in [0.1, 0.15) is 5.75 Å². The van der Waals surface area contributed by atoms with E-state index in [4.69, 9.17) is 4.74 Å². The first-order valence-electron chi connectivity index (χ1n) is 10.6. The molecule has 2 aromatic rings. The molecule has 0 aromatic heterocycles. The second-order valence-corrected chi connectivity index (χ2v) is 9.78. The molecule has 1 N–H and O–H groups in total. The maximum atomic E-state index is 13.0. The first-order valence-corrected chi connectivity index (χ1v) is 12.0. The van der Waals surface area contributed by atoms with Gasteiger partial charge in [0.25, 0.3) is 0 Å². The molecule has 1 aliphatic rings. The van der Waals surface area contributed by atoms with E-state index in [9.17, 15) is 13.2 Å². The fourth-order valence-electron chi connectivity index (χ4n) is 3.59. The molecule has 1 atom stereocenters. The molecule has 1 heterocycles. The summed E-state index contributed by atoms with van der Waals surface area (Å²) >= 11 is 0. The van der Waals surface area contributed by atoms with Crippen LogP contribution in [-0.2, 0) is 14.8 Å². The highest BCUT2D eigenvalue weighted by Crippen LogP contribution is 2.23. The predicted octanol–water partition coefficient (Wildman–Crippen LogP) is 3.15. The van der Waals surface area contributed by atoms with E-state index in [0.717, 1.165) is 12.0 Å². The number of anilines is 1. The van der Waals surface area contributed by atoms with Crippen LogP contribution in [0.25, 0.3) is 0 Å². The number of amides is 1. The third-order valence-corrected chi connectivity index (χ3v) is 7.66. The van der Waals surface area contributed by atoms with Crippen molar-refractivity contribution >= 4 is 21.6 Å². The minimum atomic E-state index is -3.53. The number of benzene rings is 2. The van der Waals surface area contributed by atoms with Crippen molar-refractivity contribution in [2.24, 2.45) is 0 Å². The first kappa shape index (κ1) is 23.2. The van der Waals surface area contributed by atoms with Gasteiger partial charge in [-0.05, 0) is 42.2 Å². The zero-order valence-electron chi connectivity index (χ0n) is 18.4. The molecule has 0 spiro atoms. The van der Waals surface area contributed by atoms with Crippen LogP contribution in [0.5, 0.6) is 5.75 Å². The van der Waals surface area contributed by atoms with Crippen molar-refractivity contribution in [3.05, 3.63) is 54.1 Å². The molecule has 0 saturated carbocycles. The van der Waals surface area contributed by atoms with Crippen LogP contribution in [0.1, 0.15) is 31.7 Å². The Balaban J connectivity index is 1.54. The molecule has 3 rings (SSSR count). The molecule has 168 valence electrons. The Morgan fingerprint density at radius 3 is 2.39 bits per heavy atom. The van der Waals surface area contributed by atoms with Gasteiger partial charge in [0.05, 0.1) is 18.6 Å². The smallest absolute Gasteiger partial charge is 0.243 e. The van der Waals surface area contributed by atoms with Crippen LogP contribution in [0, 0.1) is 0 Å². The van der Waals surface area contributed by atoms with Gasteiger partial charge in [0.2, 0.25) is 15.9 Å². The molecular formula is C23H31N3O4S. The van der Waals surface area contributed by atoms with E-state index >= 15 is 0 Å². The Hall–Kier alpha value is -2.42. The van der Waals surface area contributed by atoms with Crippen molar-refractivity contribution < 1.29 is 17.9 Å². The molecule has 7 nitrogen and oxygen atoms in total. The molecule has 1 fully saturated rings. The van der Waals surface area contributed by atoms with Crippen LogP contribution in [0.4, 0.5) is 5.69 Å². The highest BCUT2D eigenvalue weighted by atomic mass is 32.2. The average molecular weight is 446 g/mol. The lowest BCUT2D eigenvalue weighted by Gasteiger charge is -2.33. The van der Waals surface area contributed by atoms with Gasteiger partial charge < -0.3 is 10.1 Å². The van der Waals surface area contributed by atoms with Crippen LogP contribution in [0.15, 0.2) is 53.4 Å². The molecule has 31 heavy (non-hydrogen) atoms. The molecule has 1 unspecified atom stereocenters. The number of nitrogens with zero attached hydrogens (tertiary/aromatic N) is 2. The molecular weight excluding hydrogens is 414 g/mol. The highest BCUT2D eigenvalue weighted by Gasteiger charge is 2.29. The van der Waals surface area contributed by atoms with Crippen molar-refractivity contribution in [1.29, 1.82) is 0 Å². The summed E-state index contributed by atoms with van der Waals surface area (Å²) in [6.07, 6.45) is 1.01. The predicted molar refractivity (Wildman–Crippen MR) is 122 cm³/mol. The normalized spacial score (nSPS) is 16.6. The Morgan fingerprint density at radius 2 is 1.77 bits per heavy atom. The lowest BCUT2D eigenvalue weighted by molar-refractivity contribution is -0.117. The number of carbonyl (C=O) groups excluding carboxylic acids is 1. The van der Waals surface area contributed by atoms with Gasteiger partial charge in [-0.3, -0.25) is 9.69 Å². The Labute approximate surface area is 185 Å². The van der Waals surface area contributed by atoms with Crippen LogP contribution in [0.3, 0.4) is 0 Å². The van der Waals surface area contributed by atoms with Gasteiger partial charge in [-0.25, -0.2) is 8.42 Å². The van der Waals surface area contributed by atoms with Gasteiger partial charge in [-0.2, -0.15) is 4.31 Å². The van der Waals surface area contributed by atoms with Crippen molar-refractivity contribution in [3.63, 3.8) is 0 Å². The molecule has 8 heteroatoms. The van der Waals surface area contributed by atoms with Crippen LogP contribution >= 0.6 is 0 Å². The number of piperazine rings is 1. The number of sulfonamides is 1. The van der Waals surface area contributed by atoms with E-state index in [1.165, 1.54) is 4.31 Å². The number of rotatable bonds is 8. The summed E-state index contributed by atoms with van der Waals surface area (Å²) in [6, 6.07) is 14.4. The number of ether oxygens (including phenoxy) is 1. The Bertz CT molecular complexity index is 984. The van der Waals surface area contributed by atoms with Gasteiger partial charge >= 0.3 is 0 Å². The fraction of sp³-hybridized carbons (Fsp3) is 0.435. The summed E-state index contributed by atoms with van der Waals surface area (Å²) in [5, 5.41) is 2.86. The van der Waals surface area contributed by atoms with E-state index in [2.05, 4.69) is 19.2 Å². The van der Waals surface area contributed by atoms with Crippen molar-refractivity contribution in [2.45, 2.75) is 31.1 Å². The van der Waals surface area contributed by atoms with Crippen LogP contribution in [-0.4, -0.2) is 63.4 Å². The van der Waals surface area contributed by atoms with Gasteiger partial charge in [0.15, 0.2) is 0 Å². The summed E-state index contributed by atoms with van der Waals surface area (Å²) in [4.78, 5) is 14.7. The third-order valence-electron chi connectivity index (χ3n) is 5.75. The molecule has 0 bridgehead atoms. The second-order valence-electron chi connectivity index (χ2n) is 7.84. The highest BCUT2D eigenvalue weighted by molar-refractivity contribution is 7.89. The summed E-state index contributed by atoms with van der Waals surface area (Å²) < 4.78 is 32.6. The molecule has 1 amide bonds. The van der Waals surface area contributed by atoms with Gasteiger partial charge in [-0.15, -0.1) is 0 Å². The van der Waals surface area contributed by atoms with E-state index in [0.29, 0.717) is 48.4 Å². The minimum Gasteiger partial charge on any atom is -0.497 e. The molecule has 0 radical (unpaired) electrons. The number of nitrogens with one attached hydrogen (secondary N) is 1. The quantitative estimate of drug-likeness (QED) is 0.675. The summed E-state index contributed by atoms with van der Waals surface area (Å²) in [6.45, 7) is 6.21. The Morgan fingerprint density at radius 1 is 1.10 bits per heavy atom. The zero-order chi connectivity index (χ0) is 22.4. The topological polar surface area (TPSA) is 79.0 Å². The molecule has 2 aromatic carbocycles. The van der Waals surface area contributed by atoms with Crippen molar-refractivity contribution in [3.8, 4) is 5.75 Å². The molecule has 1 aliphatic heterocycles. The van der Waals surface area contributed by atoms with Crippen LogP contribution < -0.4 is 10.1 Å². The van der Waals surface area contributed by atoms with E-state index < -0.39 is 10.0 Å². The summed E-state index contributed by atoms with van der Waals surface area (Å²) in [5.74, 6) is 0.947. The van der Waals surface area contributed by atoms with Gasteiger partial charge in [0, 0.05) is 37.9 Å². The Kier molecular flexibility index (Phi) is 7.69. The lowest BCUT2D eigenvalue weighted by atomic mass is 9.99. The lowest BCUT2D eigenvalue weighted by Crippen LogP contribution is -2.50. The number of hydrogen-bond acceptors (Lipinski definition) is 5. The SMILES string of the molecule is CCC(C)c1ccc(S(=O)(=O)N2CCN(CC(=O)Nc3cccc(OC)c3)CC2)cc1. The monoisotopic (exact) mass is 445 g/mol. The average Bonchev–Trinajstić information content (AvgIpc) is 2.79. The maximum absolute atomic E-state index is 13.0. The third kappa shape index (κ3) is 5.84. The number of carbonyl (C=O) groups is 1. The van der Waals surface area contributed by atoms with E-state index in [-0.39, 0.29) is 12.5 Å². The van der Waals surface area contributed by atoms with E-state index in [1.54, 1.807) is 31.4 Å². The summed E-state index contributed by atoms with van der Waals surface area (Å²) in [7, 11) is -1.95. The summed E-state index contributed by atoms with van der Waals surface area (Å²) in [5.41, 5.74) is 1.82. The van der Waals surface area contributed by atoms with Crippen LogP contribution in [0.2, 0.25) is 0 Å². The minimum absolute atomic E-state index is 0.134. The van der Waals surface area contributed by atoms with Crippen molar-refractivity contribution in [2.75, 3.05) is 45.2 Å². The molecule has 0 aliphatic carbocycles. The van der Waals surface area contributed by atoms with Crippen molar-refractivity contribution in [1.82, 2.24) is 9.21 Å². The molecule has 1 saturated heterocycles. The standard InChI is InChI=1S/C23H31N3O4S/c1-4-18(2)19-8-10-22(11-9-19)31(28,29)26-14-12-25(13-15-26)17-23(27)24-20-6-5-7-21(16-20)30-3/h5-11,16,18H,4,12-15,17H2,1-3H3,(H,24,27). The maximum Gasteiger partial charge on any atom is 0.243 e. The largest absolute Gasteiger partial charge is 0.497 e. The fourth-order valence-corrected chi connectivity index (χ4v) is 5.01. The first-order chi connectivity index (χ1) is 14.8. The zero-order valence-corrected chi connectivity index (χ0v) is 19.2. The second kappa shape index (κ2) is 10.3.